The average Bonchev–Trinajstić information content (AvgIpc) is 2.73. The first kappa shape index (κ1) is 9.36. The van der Waals surface area contributed by atoms with E-state index >= 15 is 0 Å². The van der Waals surface area contributed by atoms with Crippen LogP contribution in [-0.4, -0.2) is 10.1 Å². The summed E-state index contributed by atoms with van der Waals surface area (Å²) < 4.78 is 1.10. The molecule has 1 aromatic carbocycles. The Hall–Kier alpha value is -1.87. The predicted molar refractivity (Wildman–Crippen MR) is 66.7 cm³/mol. The maximum Gasteiger partial charge on any atom is 0.117 e. The van der Waals surface area contributed by atoms with E-state index in [0.29, 0.717) is 5.75 Å². The monoisotopic (exact) mass is 227 g/mol. The maximum atomic E-state index is 9.41. The minimum atomic E-state index is 0.315. The normalized spacial score (nSPS) is 10.8. The van der Waals surface area contributed by atoms with Crippen molar-refractivity contribution in [3.8, 4) is 16.9 Å². The third-order valence-electron chi connectivity index (χ3n) is 2.55. The van der Waals surface area contributed by atoms with E-state index in [2.05, 4.69) is 10.4 Å². The van der Waals surface area contributed by atoms with Gasteiger partial charge in [0, 0.05) is 28.0 Å². The predicted octanol–water partition coefficient (Wildman–Crippen LogP) is 3.67. The van der Waals surface area contributed by atoms with E-state index in [1.165, 1.54) is 10.9 Å². The SMILES string of the molecule is Oc1ccc2c(-c3ccncc3)csc2c1. The standard InChI is InChI=1S/C13H9NOS/c15-10-1-2-11-12(8-16-13(11)7-10)9-3-5-14-6-4-9/h1-8,15H. The van der Waals surface area contributed by atoms with Crippen molar-refractivity contribution in [3.63, 3.8) is 0 Å². The highest BCUT2D eigenvalue weighted by Gasteiger charge is 2.06. The molecule has 1 N–H and O–H groups in total. The molecule has 2 heterocycles. The third-order valence-corrected chi connectivity index (χ3v) is 3.50. The fourth-order valence-corrected chi connectivity index (χ4v) is 2.77. The number of thiophene rings is 1. The number of phenolic OH excluding ortho intramolecular Hbond substituents is 1. The molecule has 0 saturated carbocycles. The van der Waals surface area contributed by atoms with Gasteiger partial charge in [-0.1, -0.05) is 0 Å². The van der Waals surface area contributed by atoms with Gasteiger partial charge in [-0.2, -0.15) is 0 Å². The van der Waals surface area contributed by atoms with E-state index in [1.54, 1.807) is 35.9 Å². The molecule has 0 saturated heterocycles. The summed E-state index contributed by atoms with van der Waals surface area (Å²) >= 11 is 1.64. The van der Waals surface area contributed by atoms with E-state index in [-0.39, 0.29) is 0 Å². The zero-order chi connectivity index (χ0) is 11.0. The Morgan fingerprint density at radius 1 is 1.06 bits per heavy atom. The highest BCUT2D eigenvalue weighted by molar-refractivity contribution is 7.17. The quantitative estimate of drug-likeness (QED) is 0.688. The number of aromatic nitrogens is 1. The second-order valence-electron chi connectivity index (χ2n) is 3.57. The molecule has 0 atom stereocenters. The summed E-state index contributed by atoms with van der Waals surface area (Å²) in [6.45, 7) is 0. The minimum Gasteiger partial charge on any atom is -0.508 e. The van der Waals surface area contributed by atoms with Gasteiger partial charge >= 0.3 is 0 Å². The van der Waals surface area contributed by atoms with Crippen molar-refractivity contribution in [2.75, 3.05) is 0 Å². The number of aromatic hydroxyl groups is 1. The number of hydrogen-bond acceptors (Lipinski definition) is 3. The zero-order valence-electron chi connectivity index (χ0n) is 8.42. The molecule has 0 aliphatic heterocycles. The van der Waals surface area contributed by atoms with Crippen molar-refractivity contribution in [2.24, 2.45) is 0 Å². The van der Waals surface area contributed by atoms with Crippen LogP contribution in [0.3, 0.4) is 0 Å². The van der Waals surface area contributed by atoms with Gasteiger partial charge in [0.1, 0.15) is 5.75 Å². The number of nitrogens with zero attached hydrogens (tertiary/aromatic N) is 1. The van der Waals surface area contributed by atoms with E-state index in [4.69, 9.17) is 0 Å². The fourth-order valence-electron chi connectivity index (χ4n) is 1.77. The highest BCUT2D eigenvalue weighted by Crippen LogP contribution is 2.35. The van der Waals surface area contributed by atoms with Crippen LogP contribution in [0.2, 0.25) is 0 Å². The molecule has 0 fully saturated rings. The molecule has 3 aromatic rings. The van der Waals surface area contributed by atoms with Crippen LogP contribution in [0.25, 0.3) is 21.2 Å². The summed E-state index contributed by atoms with van der Waals surface area (Å²) in [6.07, 6.45) is 3.58. The second kappa shape index (κ2) is 3.61. The number of pyridine rings is 1. The summed E-state index contributed by atoms with van der Waals surface area (Å²) in [7, 11) is 0. The van der Waals surface area contributed by atoms with E-state index in [0.717, 1.165) is 10.3 Å². The second-order valence-corrected chi connectivity index (χ2v) is 4.48. The summed E-state index contributed by atoms with van der Waals surface area (Å²) in [6, 6.07) is 9.46. The van der Waals surface area contributed by atoms with Crippen LogP contribution in [0.5, 0.6) is 5.75 Å². The lowest BCUT2D eigenvalue weighted by molar-refractivity contribution is 0.476. The van der Waals surface area contributed by atoms with E-state index < -0.39 is 0 Å². The van der Waals surface area contributed by atoms with Gasteiger partial charge in [0.15, 0.2) is 0 Å². The van der Waals surface area contributed by atoms with Gasteiger partial charge in [0.05, 0.1) is 0 Å². The molecule has 78 valence electrons. The molecule has 0 radical (unpaired) electrons. The Morgan fingerprint density at radius 3 is 2.69 bits per heavy atom. The first-order valence-corrected chi connectivity index (χ1v) is 5.83. The lowest BCUT2D eigenvalue weighted by Gasteiger charge is -1.98. The first-order chi connectivity index (χ1) is 7.84. The zero-order valence-corrected chi connectivity index (χ0v) is 9.24. The van der Waals surface area contributed by atoms with Crippen molar-refractivity contribution in [3.05, 3.63) is 48.1 Å². The van der Waals surface area contributed by atoms with Gasteiger partial charge in [0.25, 0.3) is 0 Å². The van der Waals surface area contributed by atoms with Crippen LogP contribution >= 0.6 is 11.3 Å². The Labute approximate surface area is 96.8 Å². The molecule has 3 heteroatoms. The third kappa shape index (κ3) is 1.46. The van der Waals surface area contributed by atoms with Gasteiger partial charge < -0.3 is 5.11 Å². The van der Waals surface area contributed by atoms with Crippen LogP contribution in [0.15, 0.2) is 48.1 Å². The molecule has 0 unspecified atom stereocenters. The van der Waals surface area contributed by atoms with Crippen molar-refractivity contribution in [1.82, 2.24) is 4.98 Å². The van der Waals surface area contributed by atoms with Gasteiger partial charge in [-0.25, -0.2) is 0 Å². The van der Waals surface area contributed by atoms with Crippen LogP contribution in [0.4, 0.5) is 0 Å². The molecule has 3 rings (SSSR count). The topological polar surface area (TPSA) is 33.1 Å². The molecule has 2 nitrogen and oxygen atoms in total. The number of benzene rings is 1. The molecule has 2 aromatic heterocycles. The van der Waals surface area contributed by atoms with Gasteiger partial charge in [-0.3, -0.25) is 4.98 Å². The average molecular weight is 227 g/mol. The molecule has 0 bridgehead atoms. The summed E-state index contributed by atoms with van der Waals surface area (Å²) in [5.41, 5.74) is 2.36. The smallest absolute Gasteiger partial charge is 0.117 e. The number of rotatable bonds is 1. The lowest BCUT2D eigenvalue weighted by atomic mass is 10.1. The molecule has 16 heavy (non-hydrogen) atoms. The Morgan fingerprint density at radius 2 is 1.88 bits per heavy atom. The Balaban J connectivity index is 2.26. The maximum absolute atomic E-state index is 9.41. The number of phenols is 1. The van der Waals surface area contributed by atoms with E-state index in [9.17, 15) is 5.11 Å². The minimum absolute atomic E-state index is 0.315. The van der Waals surface area contributed by atoms with E-state index in [1.807, 2.05) is 18.2 Å². The number of fused-ring (bicyclic) bond motifs is 1. The summed E-state index contributed by atoms with van der Waals surface area (Å²) in [5, 5.41) is 12.7. The van der Waals surface area contributed by atoms with Gasteiger partial charge in [-0.05, 0) is 41.3 Å². The first-order valence-electron chi connectivity index (χ1n) is 4.95. The van der Waals surface area contributed by atoms with Crippen molar-refractivity contribution in [2.45, 2.75) is 0 Å². The fraction of sp³-hybridized carbons (Fsp3) is 0. The van der Waals surface area contributed by atoms with Crippen LogP contribution in [0, 0.1) is 0 Å². The van der Waals surface area contributed by atoms with Gasteiger partial charge in [-0.15, -0.1) is 11.3 Å². The number of hydrogen-bond donors (Lipinski definition) is 1. The molecule has 0 aliphatic rings. The van der Waals surface area contributed by atoms with Crippen LogP contribution < -0.4 is 0 Å². The molecule has 0 aliphatic carbocycles. The van der Waals surface area contributed by atoms with Crippen molar-refractivity contribution in [1.29, 1.82) is 0 Å². The molecule has 0 spiro atoms. The van der Waals surface area contributed by atoms with Crippen molar-refractivity contribution < 1.29 is 5.11 Å². The Bertz CT molecular complexity index is 631. The Kier molecular flexibility index (Phi) is 2.11. The highest BCUT2D eigenvalue weighted by atomic mass is 32.1. The largest absolute Gasteiger partial charge is 0.508 e. The van der Waals surface area contributed by atoms with Crippen molar-refractivity contribution >= 4 is 21.4 Å². The van der Waals surface area contributed by atoms with Crippen LogP contribution in [-0.2, 0) is 0 Å². The molecule has 0 amide bonds. The molecular formula is C13H9NOS. The summed E-state index contributed by atoms with van der Waals surface area (Å²) in [5.74, 6) is 0.315. The van der Waals surface area contributed by atoms with Crippen LogP contribution in [0.1, 0.15) is 0 Å². The summed E-state index contributed by atoms with van der Waals surface area (Å²) in [4.78, 5) is 4.01. The molecular weight excluding hydrogens is 218 g/mol. The lowest BCUT2D eigenvalue weighted by Crippen LogP contribution is -1.75. The van der Waals surface area contributed by atoms with Gasteiger partial charge in [0.2, 0.25) is 0 Å².